The van der Waals surface area contributed by atoms with Gasteiger partial charge in [-0.15, -0.1) is 24.0 Å². The first-order valence-corrected chi connectivity index (χ1v) is 7.61. The summed E-state index contributed by atoms with van der Waals surface area (Å²) >= 11 is 2.07. The molecule has 100 valence electrons. The lowest BCUT2D eigenvalue weighted by Gasteiger charge is -2.24. The average Bonchev–Trinajstić information content (AvgIpc) is 2.26. The molecule has 0 atom stereocenters. The normalized spacial score (nSPS) is 22.7. The molecule has 0 aromatic carbocycles. The van der Waals surface area contributed by atoms with E-state index >= 15 is 0 Å². The second-order valence-corrected chi connectivity index (χ2v) is 6.18. The third-order valence-electron chi connectivity index (χ3n) is 3.66. The van der Waals surface area contributed by atoms with E-state index < -0.39 is 0 Å². The standard InChI is InChI=1S/C12H23N3S.HI/c13-12(14-8-10-2-1-3-10)15-9-11-4-6-16-7-5-11;/h10-11H,1-9H2,(H3,13,14,15);1H. The molecule has 1 aliphatic heterocycles. The van der Waals surface area contributed by atoms with Crippen molar-refractivity contribution in [2.24, 2.45) is 22.6 Å². The Hall–Kier alpha value is 0.350. The number of aliphatic imine (C=N–C) groups is 1. The van der Waals surface area contributed by atoms with Gasteiger partial charge in [0.25, 0.3) is 0 Å². The molecule has 1 aliphatic carbocycles. The minimum Gasteiger partial charge on any atom is -0.370 e. The summed E-state index contributed by atoms with van der Waals surface area (Å²) in [6.07, 6.45) is 6.72. The summed E-state index contributed by atoms with van der Waals surface area (Å²) in [5, 5.41) is 3.27. The van der Waals surface area contributed by atoms with Gasteiger partial charge in [-0.3, -0.25) is 4.99 Å². The monoisotopic (exact) mass is 369 g/mol. The summed E-state index contributed by atoms with van der Waals surface area (Å²) in [5.41, 5.74) is 5.85. The lowest BCUT2D eigenvalue weighted by molar-refractivity contribution is 0.326. The van der Waals surface area contributed by atoms with E-state index in [0.29, 0.717) is 5.96 Å². The van der Waals surface area contributed by atoms with E-state index in [1.54, 1.807) is 0 Å². The zero-order chi connectivity index (χ0) is 11.2. The Kier molecular flexibility index (Phi) is 7.66. The van der Waals surface area contributed by atoms with Crippen molar-refractivity contribution in [1.82, 2.24) is 5.32 Å². The van der Waals surface area contributed by atoms with Crippen LogP contribution in [-0.4, -0.2) is 30.6 Å². The Morgan fingerprint density at radius 1 is 1.18 bits per heavy atom. The highest BCUT2D eigenvalue weighted by atomic mass is 127. The number of nitrogens with one attached hydrogen (secondary N) is 1. The quantitative estimate of drug-likeness (QED) is 0.455. The van der Waals surface area contributed by atoms with Crippen LogP contribution in [-0.2, 0) is 0 Å². The van der Waals surface area contributed by atoms with Crippen LogP contribution < -0.4 is 11.1 Å². The molecule has 3 nitrogen and oxygen atoms in total. The molecule has 0 aromatic heterocycles. The maximum absolute atomic E-state index is 5.85. The summed E-state index contributed by atoms with van der Waals surface area (Å²) in [7, 11) is 0. The van der Waals surface area contributed by atoms with E-state index in [-0.39, 0.29) is 24.0 Å². The van der Waals surface area contributed by atoms with Crippen molar-refractivity contribution in [2.45, 2.75) is 32.1 Å². The van der Waals surface area contributed by atoms with Crippen LogP contribution in [0.3, 0.4) is 0 Å². The van der Waals surface area contributed by atoms with E-state index in [1.807, 2.05) is 0 Å². The van der Waals surface area contributed by atoms with Crippen molar-refractivity contribution in [3.63, 3.8) is 0 Å². The van der Waals surface area contributed by atoms with Gasteiger partial charge in [0.15, 0.2) is 5.96 Å². The van der Waals surface area contributed by atoms with Gasteiger partial charge in [-0.2, -0.15) is 11.8 Å². The third kappa shape index (κ3) is 5.68. The molecule has 0 amide bonds. The third-order valence-corrected chi connectivity index (χ3v) is 4.71. The van der Waals surface area contributed by atoms with Crippen LogP contribution >= 0.6 is 35.7 Å². The fourth-order valence-corrected chi connectivity index (χ4v) is 3.36. The first kappa shape index (κ1) is 15.4. The minimum absolute atomic E-state index is 0. The van der Waals surface area contributed by atoms with Crippen LogP contribution in [0, 0.1) is 11.8 Å². The van der Waals surface area contributed by atoms with E-state index in [9.17, 15) is 0 Å². The largest absolute Gasteiger partial charge is 0.370 e. The molecular formula is C12H24IN3S. The first-order chi connectivity index (χ1) is 7.84. The fraction of sp³-hybridized carbons (Fsp3) is 0.917. The van der Waals surface area contributed by atoms with Gasteiger partial charge in [-0.25, -0.2) is 0 Å². The topological polar surface area (TPSA) is 50.4 Å². The van der Waals surface area contributed by atoms with Crippen LogP contribution in [0.4, 0.5) is 0 Å². The Morgan fingerprint density at radius 3 is 2.47 bits per heavy atom. The van der Waals surface area contributed by atoms with Crippen LogP contribution in [0.5, 0.6) is 0 Å². The van der Waals surface area contributed by atoms with E-state index in [2.05, 4.69) is 22.1 Å². The number of guanidine groups is 1. The van der Waals surface area contributed by atoms with Gasteiger partial charge in [-0.05, 0) is 49.0 Å². The molecule has 5 heteroatoms. The number of nitrogens with zero attached hydrogens (tertiary/aromatic N) is 1. The van der Waals surface area contributed by atoms with Crippen molar-refractivity contribution in [3.8, 4) is 0 Å². The molecule has 3 N–H and O–H groups in total. The molecule has 1 saturated heterocycles. The minimum atomic E-state index is 0. The lowest BCUT2D eigenvalue weighted by Crippen LogP contribution is -2.37. The van der Waals surface area contributed by atoms with Crippen molar-refractivity contribution >= 4 is 41.7 Å². The van der Waals surface area contributed by atoms with Crippen molar-refractivity contribution in [1.29, 1.82) is 0 Å². The zero-order valence-electron chi connectivity index (χ0n) is 10.4. The summed E-state index contributed by atoms with van der Waals surface area (Å²) < 4.78 is 0. The zero-order valence-corrected chi connectivity index (χ0v) is 13.5. The van der Waals surface area contributed by atoms with Gasteiger partial charge in [0, 0.05) is 13.1 Å². The van der Waals surface area contributed by atoms with E-state index in [0.717, 1.165) is 24.9 Å². The van der Waals surface area contributed by atoms with Crippen molar-refractivity contribution in [2.75, 3.05) is 24.6 Å². The van der Waals surface area contributed by atoms with Gasteiger partial charge < -0.3 is 11.1 Å². The Morgan fingerprint density at radius 2 is 1.88 bits per heavy atom. The van der Waals surface area contributed by atoms with E-state index in [4.69, 9.17) is 5.73 Å². The SMILES string of the molecule is I.NC(=NCC1CCC1)NCC1CCSCC1. The predicted molar refractivity (Wildman–Crippen MR) is 87.3 cm³/mol. The van der Waals surface area contributed by atoms with Crippen LogP contribution in [0.15, 0.2) is 4.99 Å². The lowest BCUT2D eigenvalue weighted by atomic mass is 9.86. The maximum Gasteiger partial charge on any atom is 0.188 e. The number of hydrogen-bond donors (Lipinski definition) is 2. The molecule has 1 saturated carbocycles. The Balaban J connectivity index is 0.00000144. The molecule has 1 heterocycles. The van der Waals surface area contributed by atoms with Gasteiger partial charge in [0.2, 0.25) is 0 Å². The summed E-state index contributed by atoms with van der Waals surface area (Å²) in [5.74, 6) is 4.90. The van der Waals surface area contributed by atoms with Crippen LogP contribution in [0.25, 0.3) is 0 Å². The molecule has 0 radical (unpaired) electrons. The molecule has 0 bridgehead atoms. The molecule has 17 heavy (non-hydrogen) atoms. The van der Waals surface area contributed by atoms with Crippen molar-refractivity contribution in [3.05, 3.63) is 0 Å². The number of rotatable bonds is 4. The molecular weight excluding hydrogens is 345 g/mol. The second kappa shape index (κ2) is 8.45. The highest BCUT2D eigenvalue weighted by molar-refractivity contribution is 14.0. The highest BCUT2D eigenvalue weighted by Gasteiger charge is 2.17. The fourth-order valence-electron chi connectivity index (χ4n) is 2.16. The number of nitrogens with two attached hydrogens (primary N) is 1. The molecule has 2 rings (SSSR count). The molecule has 0 aromatic rings. The summed E-state index contributed by atoms with van der Waals surface area (Å²) in [4.78, 5) is 4.41. The summed E-state index contributed by atoms with van der Waals surface area (Å²) in [6.45, 7) is 1.94. The average molecular weight is 369 g/mol. The maximum atomic E-state index is 5.85. The molecule has 2 aliphatic rings. The molecule has 0 unspecified atom stereocenters. The summed E-state index contributed by atoms with van der Waals surface area (Å²) in [6, 6.07) is 0. The van der Waals surface area contributed by atoms with Gasteiger partial charge in [-0.1, -0.05) is 6.42 Å². The van der Waals surface area contributed by atoms with Gasteiger partial charge in [0.05, 0.1) is 0 Å². The predicted octanol–water partition coefficient (Wildman–Crippen LogP) is 2.45. The van der Waals surface area contributed by atoms with Crippen LogP contribution in [0.2, 0.25) is 0 Å². The molecule has 0 spiro atoms. The second-order valence-electron chi connectivity index (χ2n) is 4.96. The van der Waals surface area contributed by atoms with Gasteiger partial charge >= 0.3 is 0 Å². The van der Waals surface area contributed by atoms with E-state index in [1.165, 1.54) is 43.6 Å². The Bertz CT molecular complexity index is 238. The number of halogens is 1. The Labute approximate surface area is 126 Å². The number of hydrogen-bond acceptors (Lipinski definition) is 2. The number of thioether (sulfide) groups is 1. The molecule has 2 fully saturated rings. The first-order valence-electron chi connectivity index (χ1n) is 6.46. The van der Waals surface area contributed by atoms with Crippen molar-refractivity contribution < 1.29 is 0 Å². The van der Waals surface area contributed by atoms with Crippen LogP contribution in [0.1, 0.15) is 32.1 Å². The highest BCUT2D eigenvalue weighted by Crippen LogP contribution is 2.26. The van der Waals surface area contributed by atoms with Gasteiger partial charge in [0.1, 0.15) is 0 Å². The smallest absolute Gasteiger partial charge is 0.188 e.